The van der Waals surface area contributed by atoms with Gasteiger partial charge >= 0.3 is 0 Å². The van der Waals surface area contributed by atoms with E-state index in [2.05, 4.69) is 0 Å². The Hall–Kier alpha value is -1.06. The fourth-order valence-electron chi connectivity index (χ4n) is 2.12. The molecule has 0 amide bonds. The number of rotatable bonds is 2. The molecule has 1 saturated heterocycles. The van der Waals surface area contributed by atoms with Crippen molar-refractivity contribution in [1.82, 2.24) is 0 Å². The zero-order chi connectivity index (χ0) is 10.7. The zero-order valence-corrected chi connectivity index (χ0v) is 8.65. The quantitative estimate of drug-likeness (QED) is 0.773. The maximum absolute atomic E-state index is 9.55. The van der Waals surface area contributed by atoms with Crippen LogP contribution in [-0.4, -0.2) is 30.0 Å². The van der Waals surface area contributed by atoms with Gasteiger partial charge in [-0.25, -0.2) is 0 Å². The number of hydrogen-bond acceptors (Lipinski definition) is 3. The van der Waals surface area contributed by atoms with Gasteiger partial charge in [-0.15, -0.1) is 0 Å². The molecule has 0 unspecified atom stereocenters. The van der Waals surface area contributed by atoms with E-state index in [1.54, 1.807) is 12.1 Å². The second-order valence-corrected chi connectivity index (χ2v) is 4.10. The van der Waals surface area contributed by atoms with Crippen LogP contribution in [0.5, 0.6) is 5.75 Å². The molecule has 0 saturated carbocycles. The predicted molar refractivity (Wildman–Crippen MR) is 56.9 cm³/mol. The highest BCUT2D eigenvalue weighted by Crippen LogP contribution is 2.34. The minimum atomic E-state index is -0.175. The van der Waals surface area contributed by atoms with E-state index in [1.807, 2.05) is 12.1 Å². The first kappa shape index (κ1) is 10.5. The van der Waals surface area contributed by atoms with Crippen molar-refractivity contribution in [2.45, 2.75) is 18.3 Å². The van der Waals surface area contributed by atoms with Crippen molar-refractivity contribution in [2.24, 2.45) is 0 Å². The summed E-state index contributed by atoms with van der Waals surface area (Å²) in [6.45, 7) is 1.53. The fraction of sp³-hybridized carbons (Fsp3) is 0.500. The lowest BCUT2D eigenvalue weighted by atomic mass is 9.75. The van der Waals surface area contributed by atoms with Crippen LogP contribution in [-0.2, 0) is 10.2 Å². The van der Waals surface area contributed by atoms with Gasteiger partial charge in [-0.1, -0.05) is 12.1 Å². The SMILES string of the molecule is OCC1(c2ccc(O)cc2)CCOCC1. The van der Waals surface area contributed by atoms with Gasteiger partial charge in [0.25, 0.3) is 0 Å². The molecular weight excluding hydrogens is 192 g/mol. The molecule has 0 radical (unpaired) electrons. The Morgan fingerprint density at radius 3 is 2.27 bits per heavy atom. The highest BCUT2D eigenvalue weighted by atomic mass is 16.5. The van der Waals surface area contributed by atoms with Gasteiger partial charge in [-0.3, -0.25) is 0 Å². The number of aromatic hydroxyl groups is 1. The van der Waals surface area contributed by atoms with E-state index < -0.39 is 0 Å². The average molecular weight is 208 g/mol. The minimum absolute atomic E-state index is 0.140. The first-order valence-corrected chi connectivity index (χ1v) is 5.25. The van der Waals surface area contributed by atoms with Gasteiger partial charge in [0.05, 0.1) is 6.61 Å². The van der Waals surface area contributed by atoms with Gasteiger partial charge in [0.15, 0.2) is 0 Å². The maximum atomic E-state index is 9.55. The van der Waals surface area contributed by atoms with Crippen molar-refractivity contribution in [2.75, 3.05) is 19.8 Å². The van der Waals surface area contributed by atoms with E-state index in [0.29, 0.717) is 13.2 Å². The lowest BCUT2D eigenvalue weighted by Crippen LogP contribution is -2.37. The molecule has 82 valence electrons. The molecule has 3 nitrogen and oxygen atoms in total. The van der Waals surface area contributed by atoms with E-state index in [1.165, 1.54) is 0 Å². The number of phenols is 1. The van der Waals surface area contributed by atoms with Crippen molar-refractivity contribution < 1.29 is 14.9 Å². The van der Waals surface area contributed by atoms with E-state index in [9.17, 15) is 10.2 Å². The van der Waals surface area contributed by atoms with Gasteiger partial charge in [-0.2, -0.15) is 0 Å². The summed E-state index contributed by atoms with van der Waals surface area (Å²) in [5.41, 5.74) is 0.914. The largest absolute Gasteiger partial charge is 0.508 e. The van der Waals surface area contributed by atoms with Crippen LogP contribution in [0.15, 0.2) is 24.3 Å². The molecule has 1 aliphatic heterocycles. The third-order valence-electron chi connectivity index (χ3n) is 3.23. The Labute approximate surface area is 89.3 Å². The molecule has 2 N–H and O–H groups in total. The highest BCUT2D eigenvalue weighted by Gasteiger charge is 2.33. The summed E-state index contributed by atoms with van der Waals surface area (Å²) in [5, 5.41) is 18.8. The van der Waals surface area contributed by atoms with Crippen molar-refractivity contribution in [3.8, 4) is 5.75 Å². The summed E-state index contributed by atoms with van der Waals surface area (Å²) in [5.74, 6) is 0.263. The average Bonchev–Trinajstić information content (AvgIpc) is 2.31. The molecule has 0 bridgehead atoms. The maximum Gasteiger partial charge on any atom is 0.115 e. The topological polar surface area (TPSA) is 49.7 Å². The molecule has 2 rings (SSSR count). The van der Waals surface area contributed by atoms with Crippen LogP contribution in [0.25, 0.3) is 0 Å². The molecule has 15 heavy (non-hydrogen) atoms. The van der Waals surface area contributed by atoms with Crippen molar-refractivity contribution >= 4 is 0 Å². The number of hydrogen-bond donors (Lipinski definition) is 2. The third kappa shape index (κ3) is 1.98. The van der Waals surface area contributed by atoms with Crippen molar-refractivity contribution in [1.29, 1.82) is 0 Å². The predicted octanol–water partition coefficient (Wildman–Crippen LogP) is 1.43. The molecule has 0 aliphatic carbocycles. The zero-order valence-electron chi connectivity index (χ0n) is 8.65. The first-order valence-electron chi connectivity index (χ1n) is 5.25. The van der Waals surface area contributed by atoms with Crippen LogP contribution < -0.4 is 0 Å². The minimum Gasteiger partial charge on any atom is -0.508 e. The molecule has 1 aliphatic rings. The lowest BCUT2D eigenvalue weighted by molar-refractivity contribution is 0.0253. The van der Waals surface area contributed by atoms with Crippen LogP contribution in [0, 0.1) is 0 Å². The van der Waals surface area contributed by atoms with Gasteiger partial charge in [-0.05, 0) is 30.5 Å². The second-order valence-electron chi connectivity index (χ2n) is 4.10. The summed E-state index contributed by atoms with van der Waals surface area (Å²) >= 11 is 0. The number of aliphatic hydroxyl groups is 1. The molecule has 0 aromatic heterocycles. The first-order chi connectivity index (χ1) is 7.27. The molecule has 0 spiro atoms. The van der Waals surface area contributed by atoms with Crippen molar-refractivity contribution in [3.63, 3.8) is 0 Å². The summed E-state index contributed by atoms with van der Waals surface area (Å²) in [4.78, 5) is 0. The number of benzene rings is 1. The molecule has 1 fully saturated rings. The summed E-state index contributed by atoms with van der Waals surface area (Å²) in [7, 11) is 0. The van der Waals surface area contributed by atoms with E-state index >= 15 is 0 Å². The van der Waals surface area contributed by atoms with E-state index in [-0.39, 0.29) is 17.8 Å². The lowest BCUT2D eigenvalue weighted by Gasteiger charge is -2.36. The van der Waals surface area contributed by atoms with Crippen LogP contribution >= 0.6 is 0 Å². The van der Waals surface area contributed by atoms with Crippen LogP contribution in [0.2, 0.25) is 0 Å². The normalized spacial score (nSPS) is 20.1. The molecule has 3 heteroatoms. The van der Waals surface area contributed by atoms with Crippen LogP contribution in [0.4, 0.5) is 0 Å². The number of aliphatic hydroxyl groups excluding tert-OH is 1. The second kappa shape index (κ2) is 4.21. The van der Waals surface area contributed by atoms with Crippen LogP contribution in [0.1, 0.15) is 18.4 Å². The van der Waals surface area contributed by atoms with Gasteiger partial charge < -0.3 is 14.9 Å². The van der Waals surface area contributed by atoms with Gasteiger partial charge in [0.1, 0.15) is 5.75 Å². The third-order valence-corrected chi connectivity index (χ3v) is 3.23. The number of phenolic OH excluding ortho intramolecular Hbond substituents is 1. The summed E-state index contributed by atoms with van der Waals surface area (Å²) < 4.78 is 5.31. The Morgan fingerprint density at radius 2 is 1.73 bits per heavy atom. The fourth-order valence-corrected chi connectivity index (χ4v) is 2.12. The molecule has 1 aromatic carbocycles. The molecule has 1 aromatic rings. The van der Waals surface area contributed by atoms with Crippen LogP contribution in [0.3, 0.4) is 0 Å². The van der Waals surface area contributed by atoms with Gasteiger partial charge in [0, 0.05) is 18.6 Å². The summed E-state index contributed by atoms with van der Waals surface area (Å²) in [6.07, 6.45) is 1.68. The Balaban J connectivity index is 2.28. The monoisotopic (exact) mass is 208 g/mol. The molecular formula is C12H16O3. The summed E-state index contributed by atoms with van der Waals surface area (Å²) in [6, 6.07) is 7.11. The standard InChI is InChI=1S/C12H16O3/c13-9-12(5-7-15-8-6-12)10-1-3-11(14)4-2-10/h1-4,13-14H,5-9H2. The molecule has 0 atom stereocenters. The Kier molecular flexibility index (Phi) is 2.93. The smallest absolute Gasteiger partial charge is 0.115 e. The Morgan fingerprint density at radius 1 is 1.13 bits per heavy atom. The van der Waals surface area contributed by atoms with Gasteiger partial charge in [0.2, 0.25) is 0 Å². The Bertz CT molecular complexity index is 312. The van der Waals surface area contributed by atoms with Crippen molar-refractivity contribution in [3.05, 3.63) is 29.8 Å². The number of ether oxygens (including phenoxy) is 1. The highest BCUT2D eigenvalue weighted by molar-refractivity contribution is 5.32. The van der Waals surface area contributed by atoms with E-state index in [4.69, 9.17) is 4.74 Å². The van der Waals surface area contributed by atoms with E-state index in [0.717, 1.165) is 18.4 Å². The molecule has 1 heterocycles.